The van der Waals surface area contributed by atoms with Gasteiger partial charge >= 0.3 is 0 Å². The summed E-state index contributed by atoms with van der Waals surface area (Å²) in [4.78, 5) is 8.90. The second-order valence-electron chi connectivity index (χ2n) is 5.34. The van der Waals surface area contributed by atoms with Gasteiger partial charge in [0.25, 0.3) is 0 Å². The van der Waals surface area contributed by atoms with Crippen LogP contribution in [0.3, 0.4) is 0 Å². The normalized spacial score (nSPS) is 16.5. The van der Waals surface area contributed by atoms with Crippen LogP contribution < -0.4 is 9.47 Å². The average molecular weight is 305 g/mol. The van der Waals surface area contributed by atoms with Gasteiger partial charge in [0.2, 0.25) is 0 Å². The van der Waals surface area contributed by atoms with E-state index in [-0.39, 0.29) is 6.10 Å². The Hall–Kier alpha value is -1.81. The SMILES string of the molecule is COc1cc2c(cc1-c1nc(C)c(C)c(Cl)n1)OC(C)C2. The average Bonchev–Trinajstić information content (AvgIpc) is 2.81. The van der Waals surface area contributed by atoms with E-state index < -0.39 is 0 Å². The van der Waals surface area contributed by atoms with Crippen LogP contribution in [0.1, 0.15) is 23.7 Å². The summed E-state index contributed by atoms with van der Waals surface area (Å²) in [7, 11) is 1.65. The molecule has 110 valence electrons. The summed E-state index contributed by atoms with van der Waals surface area (Å²) in [6, 6.07) is 3.94. The monoisotopic (exact) mass is 304 g/mol. The number of halogens is 1. The van der Waals surface area contributed by atoms with Crippen LogP contribution in [-0.4, -0.2) is 23.2 Å². The van der Waals surface area contributed by atoms with Crippen molar-refractivity contribution in [3.8, 4) is 22.9 Å². The molecule has 1 atom stereocenters. The van der Waals surface area contributed by atoms with Crippen LogP contribution in [0.25, 0.3) is 11.4 Å². The van der Waals surface area contributed by atoms with Crippen molar-refractivity contribution in [2.24, 2.45) is 0 Å². The Labute approximate surface area is 129 Å². The molecule has 3 rings (SSSR count). The highest BCUT2D eigenvalue weighted by Gasteiger charge is 2.23. The second-order valence-corrected chi connectivity index (χ2v) is 5.70. The Balaban J connectivity index is 2.16. The van der Waals surface area contributed by atoms with E-state index in [0.29, 0.717) is 11.0 Å². The van der Waals surface area contributed by atoms with E-state index in [0.717, 1.165) is 40.3 Å². The number of nitrogens with zero attached hydrogens (tertiary/aromatic N) is 2. The minimum atomic E-state index is 0.184. The highest BCUT2D eigenvalue weighted by Crippen LogP contribution is 2.39. The molecular formula is C16H17ClN2O2. The van der Waals surface area contributed by atoms with Crippen LogP contribution in [0.15, 0.2) is 12.1 Å². The fourth-order valence-electron chi connectivity index (χ4n) is 2.50. The molecule has 0 saturated carbocycles. The van der Waals surface area contributed by atoms with Crippen LogP contribution in [-0.2, 0) is 6.42 Å². The van der Waals surface area contributed by atoms with Crippen LogP contribution in [0.4, 0.5) is 0 Å². The number of aromatic nitrogens is 2. The fraction of sp³-hybridized carbons (Fsp3) is 0.375. The first kappa shape index (κ1) is 14.1. The Morgan fingerprint density at radius 3 is 2.71 bits per heavy atom. The Morgan fingerprint density at radius 1 is 1.29 bits per heavy atom. The number of hydrogen-bond donors (Lipinski definition) is 0. The van der Waals surface area contributed by atoms with E-state index in [1.54, 1.807) is 7.11 Å². The molecule has 2 aromatic rings. The summed E-state index contributed by atoms with van der Waals surface area (Å²) < 4.78 is 11.3. The van der Waals surface area contributed by atoms with E-state index >= 15 is 0 Å². The molecule has 0 bridgehead atoms. The molecular weight excluding hydrogens is 288 g/mol. The minimum Gasteiger partial charge on any atom is -0.496 e. The standard InChI is InChI=1S/C16H17ClN2O2/c1-8-5-11-6-14(20-4)12(7-13(11)21-8)16-18-10(3)9(2)15(17)19-16/h6-8H,5H2,1-4H3. The molecule has 5 heteroatoms. The zero-order valence-corrected chi connectivity index (χ0v) is 13.3. The Morgan fingerprint density at radius 2 is 2.05 bits per heavy atom. The van der Waals surface area contributed by atoms with E-state index in [9.17, 15) is 0 Å². The van der Waals surface area contributed by atoms with Gasteiger partial charge in [-0.15, -0.1) is 0 Å². The quantitative estimate of drug-likeness (QED) is 0.793. The second kappa shape index (κ2) is 5.19. The van der Waals surface area contributed by atoms with Gasteiger partial charge in [-0.1, -0.05) is 11.6 Å². The molecule has 0 amide bonds. The van der Waals surface area contributed by atoms with Gasteiger partial charge in [0, 0.05) is 23.2 Å². The van der Waals surface area contributed by atoms with Gasteiger partial charge < -0.3 is 9.47 Å². The molecule has 1 aromatic heterocycles. The first-order chi connectivity index (χ1) is 9.99. The third-order valence-corrected chi connectivity index (χ3v) is 4.16. The van der Waals surface area contributed by atoms with Gasteiger partial charge in [-0.05, 0) is 32.9 Å². The zero-order valence-electron chi connectivity index (χ0n) is 12.5. The maximum atomic E-state index is 6.18. The lowest BCUT2D eigenvalue weighted by Crippen LogP contribution is -2.05. The van der Waals surface area contributed by atoms with Crippen LogP contribution >= 0.6 is 11.6 Å². The van der Waals surface area contributed by atoms with Crippen molar-refractivity contribution >= 4 is 11.6 Å². The third-order valence-electron chi connectivity index (χ3n) is 3.79. The molecule has 1 aliphatic rings. The van der Waals surface area contributed by atoms with Crippen molar-refractivity contribution in [1.82, 2.24) is 9.97 Å². The van der Waals surface area contributed by atoms with E-state index in [4.69, 9.17) is 21.1 Å². The Kier molecular flexibility index (Phi) is 3.49. The number of ether oxygens (including phenoxy) is 2. The lowest BCUT2D eigenvalue weighted by atomic mass is 10.1. The largest absolute Gasteiger partial charge is 0.496 e. The molecule has 0 N–H and O–H groups in total. The van der Waals surface area contributed by atoms with Crippen molar-refractivity contribution in [3.05, 3.63) is 34.1 Å². The third kappa shape index (κ3) is 2.44. The molecule has 1 unspecified atom stereocenters. The van der Waals surface area contributed by atoms with Gasteiger partial charge in [-0.3, -0.25) is 0 Å². The zero-order chi connectivity index (χ0) is 15.1. The van der Waals surface area contributed by atoms with Crippen molar-refractivity contribution in [2.75, 3.05) is 7.11 Å². The highest BCUT2D eigenvalue weighted by atomic mass is 35.5. The predicted octanol–water partition coefficient (Wildman–Crippen LogP) is 3.75. The summed E-state index contributed by atoms with van der Waals surface area (Å²) in [5.41, 5.74) is 3.71. The van der Waals surface area contributed by atoms with E-state index in [1.165, 1.54) is 0 Å². The van der Waals surface area contributed by atoms with Crippen LogP contribution in [0.5, 0.6) is 11.5 Å². The molecule has 1 aromatic carbocycles. The lowest BCUT2D eigenvalue weighted by Gasteiger charge is -2.12. The predicted molar refractivity (Wildman–Crippen MR) is 82.3 cm³/mol. The van der Waals surface area contributed by atoms with Crippen molar-refractivity contribution in [3.63, 3.8) is 0 Å². The highest BCUT2D eigenvalue weighted by molar-refractivity contribution is 6.30. The minimum absolute atomic E-state index is 0.184. The number of rotatable bonds is 2. The molecule has 0 saturated heterocycles. The molecule has 4 nitrogen and oxygen atoms in total. The van der Waals surface area contributed by atoms with Crippen LogP contribution in [0.2, 0.25) is 5.15 Å². The van der Waals surface area contributed by atoms with Crippen molar-refractivity contribution in [1.29, 1.82) is 0 Å². The van der Waals surface area contributed by atoms with Gasteiger partial charge in [0.15, 0.2) is 5.82 Å². The molecule has 1 aliphatic heterocycles. The first-order valence-corrected chi connectivity index (χ1v) is 7.26. The molecule has 0 spiro atoms. The van der Waals surface area contributed by atoms with Gasteiger partial charge in [-0.2, -0.15) is 0 Å². The summed E-state index contributed by atoms with van der Waals surface area (Å²) in [6.45, 7) is 5.88. The summed E-state index contributed by atoms with van der Waals surface area (Å²) in [5.74, 6) is 2.17. The summed E-state index contributed by atoms with van der Waals surface area (Å²) in [6.07, 6.45) is 1.07. The smallest absolute Gasteiger partial charge is 0.164 e. The maximum Gasteiger partial charge on any atom is 0.164 e. The molecule has 0 radical (unpaired) electrons. The summed E-state index contributed by atoms with van der Waals surface area (Å²) >= 11 is 6.18. The van der Waals surface area contributed by atoms with Crippen molar-refractivity contribution in [2.45, 2.75) is 33.3 Å². The summed E-state index contributed by atoms with van der Waals surface area (Å²) in [5, 5.41) is 0.467. The number of hydrogen-bond acceptors (Lipinski definition) is 4. The van der Waals surface area contributed by atoms with Gasteiger partial charge in [0.1, 0.15) is 22.8 Å². The molecule has 0 aliphatic carbocycles. The van der Waals surface area contributed by atoms with Crippen LogP contribution in [0, 0.1) is 13.8 Å². The van der Waals surface area contributed by atoms with Gasteiger partial charge in [0.05, 0.1) is 12.7 Å². The molecule has 2 heterocycles. The Bertz CT molecular complexity index is 693. The number of benzene rings is 1. The fourth-order valence-corrected chi connectivity index (χ4v) is 2.71. The number of methoxy groups -OCH3 is 1. The lowest BCUT2D eigenvalue weighted by molar-refractivity contribution is 0.254. The van der Waals surface area contributed by atoms with E-state index in [1.807, 2.05) is 26.0 Å². The maximum absolute atomic E-state index is 6.18. The molecule has 0 fully saturated rings. The number of fused-ring (bicyclic) bond motifs is 1. The first-order valence-electron chi connectivity index (χ1n) is 6.88. The van der Waals surface area contributed by atoms with Crippen molar-refractivity contribution < 1.29 is 9.47 Å². The van der Waals surface area contributed by atoms with Gasteiger partial charge in [-0.25, -0.2) is 9.97 Å². The molecule has 21 heavy (non-hydrogen) atoms. The number of aryl methyl sites for hydroxylation is 1. The van der Waals surface area contributed by atoms with E-state index in [2.05, 4.69) is 16.9 Å². The topological polar surface area (TPSA) is 44.2 Å².